The summed E-state index contributed by atoms with van der Waals surface area (Å²) in [5.41, 5.74) is 10.8. The molecule has 4 heteroatoms. The van der Waals surface area contributed by atoms with Gasteiger partial charge in [-0.15, -0.1) is 0 Å². The van der Waals surface area contributed by atoms with Crippen LogP contribution in [0.15, 0.2) is 41.4 Å². The van der Waals surface area contributed by atoms with Crippen molar-refractivity contribution >= 4 is 22.9 Å². The summed E-state index contributed by atoms with van der Waals surface area (Å²) in [5.74, 6) is 1.61. The fraction of sp³-hybridized carbons (Fsp3) is 0.278. The molecule has 2 aromatic rings. The molecular formula is C18H21N3O. The lowest BCUT2D eigenvalue weighted by Gasteiger charge is -2.26. The van der Waals surface area contributed by atoms with Gasteiger partial charge in [0.1, 0.15) is 17.3 Å². The highest BCUT2D eigenvalue weighted by Crippen LogP contribution is 2.35. The monoisotopic (exact) mass is 295 g/mol. The quantitative estimate of drug-likeness (QED) is 0.816. The van der Waals surface area contributed by atoms with Crippen molar-refractivity contribution in [1.82, 2.24) is 0 Å². The Morgan fingerprint density at radius 2 is 1.95 bits per heavy atom. The minimum atomic E-state index is -0.0715. The van der Waals surface area contributed by atoms with Crippen molar-refractivity contribution in [2.24, 2.45) is 4.99 Å². The maximum Gasteiger partial charge on any atom is 0.156 e. The third kappa shape index (κ3) is 2.77. The minimum Gasteiger partial charge on any atom is -0.480 e. The fourth-order valence-electron chi connectivity index (χ4n) is 2.48. The Morgan fingerprint density at radius 3 is 2.68 bits per heavy atom. The van der Waals surface area contributed by atoms with Gasteiger partial charge in [-0.25, -0.2) is 4.99 Å². The molecule has 0 saturated carbocycles. The number of benzene rings is 2. The molecule has 22 heavy (non-hydrogen) atoms. The molecule has 0 bridgehead atoms. The molecule has 3 N–H and O–H groups in total. The second-order valence-corrected chi connectivity index (χ2v) is 5.66. The molecular weight excluding hydrogens is 274 g/mol. The number of aliphatic imine (C=N–C) groups is 1. The predicted octanol–water partition coefficient (Wildman–Crippen LogP) is 4.20. The van der Waals surface area contributed by atoms with Gasteiger partial charge in [-0.1, -0.05) is 13.0 Å². The number of nitrogen functional groups attached to an aromatic ring is 1. The van der Waals surface area contributed by atoms with Crippen LogP contribution in [-0.4, -0.2) is 11.9 Å². The summed E-state index contributed by atoms with van der Waals surface area (Å²) >= 11 is 0. The fourth-order valence-corrected chi connectivity index (χ4v) is 2.48. The van der Waals surface area contributed by atoms with Crippen molar-refractivity contribution in [2.75, 3.05) is 11.1 Å². The van der Waals surface area contributed by atoms with Crippen LogP contribution in [-0.2, 0) is 0 Å². The number of aryl methyl sites for hydroxylation is 2. The van der Waals surface area contributed by atoms with Gasteiger partial charge in [0.15, 0.2) is 6.10 Å². The zero-order valence-corrected chi connectivity index (χ0v) is 13.2. The number of anilines is 2. The van der Waals surface area contributed by atoms with E-state index in [1.807, 2.05) is 18.2 Å². The van der Waals surface area contributed by atoms with E-state index in [4.69, 9.17) is 15.5 Å². The van der Waals surface area contributed by atoms with Crippen LogP contribution in [0.3, 0.4) is 0 Å². The number of nitrogens with one attached hydrogen (secondary N) is 1. The molecule has 4 nitrogen and oxygen atoms in total. The van der Waals surface area contributed by atoms with Crippen LogP contribution in [0.1, 0.15) is 24.5 Å². The number of hydrogen-bond donors (Lipinski definition) is 2. The van der Waals surface area contributed by atoms with E-state index in [1.54, 1.807) is 0 Å². The number of hydrogen-bond acceptors (Lipinski definition) is 4. The molecule has 0 radical (unpaired) electrons. The van der Waals surface area contributed by atoms with Crippen LogP contribution in [0.4, 0.5) is 17.1 Å². The molecule has 0 aliphatic carbocycles. The standard InChI is InChI=1S/C18H21N3O/c1-4-16-18(20-14-7-5-11(2)12(3)9-14)21-15-10-13(19)6-8-17(15)22-16/h5-10,16H,4,19H2,1-3H3,(H,20,21). The number of nitrogens with two attached hydrogens (primary N) is 1. The zero-order chi connectivity index (χ0) is 15.7. The molecule has 1 aliphatic rings. The van der Waals surface area contributed by atoms with Gasteiger partial charge in [0.05, 0.1) is 0 Å². The third-order valence-electron chi connectivity index (χ3n) is 3.95. The van der Waals surface area contributed by atoms with Crippen molar-refractivity contribution in [1.29, 1.82) is 0 Å². The first-order valence-corrected chi connectivity index (χ1v) is 7.56. The van der Waals surface area contributed by atoms with E-state index in [2.05, 4.69) is 44.3 Å². The number of fused-ring (bicyclic) bond motifs is 1. The summed E-state index contributed by atoms with van der Waals surface area (Å²) in [7, 11) is 0. The molecule has 0 amide bonds. The minimum absolute atomic E-state index is 0.0715. The summed E-state index contributed by atoms with van der Waals surface area (Å²) in [6, 6.07) is 11.8. The van der Waals surface area contributed by atoms with E-state index in [1.165, 1.54) is 11.1 Å². The van der Waals surface area contributed by atoms with E-state index < -0.39 is 0 Å². The van der Waals surface area contributed by atoms with E-state index in [0.717, 1.165) is 29.4 Å². The van der Waals surface area contributed by atoms with E-state index in [0.29, 0.717) is 5.69 Å². The van der Waals surface area contributed by atoms with E-state index >= 15 is 0 Å². The molecule has 0 saturated heterocycles. The van der Waals surface area contributed by atoms with Gasteiger partial charge < -0.3 is 15.8 Å². The SMILES string of the molecule is CCC1Oc2ccc(N)cc2N=C1Nc1ccc(C)c(C)c1. The molecule has 0 aromatic heterocycles. The molecule has 1 aliphatic heterocycles. The van der Waals surface area contributed by atoms with E-state index in [-0.39, 0.29) is 6.10 Å². The highest BCUT2D eigenvalue weighted by molar-refractivity contribution is 6.02. The van der Waals surface area contributed by atoms with Gasteiger partial charge >= 0.3 is 0 Å². The number of nitrogens with zero attached hydrogens (tertiary/aromatic N) is 1. The van der Waals surface area contributed by atoms with Gasteiger partial charge in [0.25, 0.3) is 0 Å². The van der Waals surface area contributed by atoms with Crippen molar-refractivity contribution in [3.63, 3.8) is 0 Å². The van der Waals surface area contributed by atoms with E-state index in [9.17, 15) is 0 Å². The Bertz CT molecular complexity index is 737. The zero-order valence-electron chi connectivity index (χ0n) is 13.2. The number of ether oxygens (including phenoxy) is 1. The third-order valence-corrected chi connectivity index (χ3v) is 3.95. The van der Waals surface area contributed by atoms with Crippen LogP contribution >= 0.6 is 0 Å². The van der Waals surface area contributed by atoms with Crippen LogP contribution in [0.5, 0.6) is 5.75 Å². The highest BCUT2D eigenvalue weighted by Gasteiger charge is 2.23. The normalized spacial score (nSPS) is 16.5. The van der Waals surface area contributed by atoms with Crippen LogP contribution in [0.25, 0.3) is 0 Å². The topological polar surface area (TPSA) is 59.6 Å². The lowest BCUT2D eigenvalue weighted by Crippen LogP contribution is -2.34. The summed E-state index contributed by atoms with van der Waals surface area (Å²) in [5, 5.41) is 3.39. The van der Waals surface area contributed by atoms with Crippen molar-refractivity contribution < 1.29 is 4.74 Å². The molecule has 1 unspecified atom stereocenters. The summed E-state index contributed by atoms with van der Waals surface area (Å²) in [4.78, 5) is 4.71. The van der Waals surface area contributed by atoms with Crippen molar-refractivity contribution in [3.8, 4) is 5.75 Å². The smallest absolute Gasteiger partial charge is 0.156 e. The Hall–Kier alpha value is -2.49. The second kappa shape index (κ2) is 5.72. The first-order chi connectivity index (χ1) is 10.6. The molecule has 1 heterocycles. The molecule has 3 rings (SSSR count). The average molecular weight is 295 g/mol. The molecule has 114 valence electrons. The van der Waals surface area contributed by atoms with Crippen molar-refractivity contribution in [2.45, 2.75) is 33.3 Å². The van der Waals surface area contributed by atoms with Gasteiger partial charge in [0.2, 0.25) is 0 Å². The lowest BCUT2D eigenvalue weighted by atomic mass is 10.1. The predicted molar refractivity (Wildman–Crippen MR) is 92.2 cm³/mol. The first kappa shape index (κ1) is 14.4. The number of amidine groups is 1. The lowest BCUT2D eigenvalue weighted by molar-refractivity contribution is 0.259. The van der Waals surface area contributed by atoms with Crippen molar-refractivity contribution in [3.05, 3.63) is 47.5 Å². The Morgan fingerprint density at radius 1 is 1.14 bits per heavy atom. The molecule has 2 aromatic carbocycles. The molecule has 0 fully saturated rings. The van der Waals surface area contributed by atoms with Gasteiger partial charge in [0, 0.05) is 11.4 Å². The maximum atomic E-state index is 6.03. The van der Waals surface area contributed by atoms with Gasteiger partial charge in [-0.2, -0.15) is 0 Å². The van der Waals surface area contributed by atoms with Crippen LogP contribution in [0.2, 0.25) is 0 Å². The van der Waals surface area contributed by atoms with Crippen LogP contribution in [0, 0.1) is 13.8 Å². The molecule has 1 atom stereocenters. The van der Waals surface area contributed by atoms with Crippen LogP contribution < -0.4 is 15.8 Å². The Labute approximate surface area is 131 Å². The summed E-state index contributed by atoms with van der Waals surface area (Å²) in [6.07, 6.45) is 0.776. The first-order valence-electron chi connectivity index (χ1n) is 7.56. The number of rotatable bonds is 2. The molecule has 0 spiro atoms. The highest BCUT2D eigenvalue weighted by atomic mass is 16.5. The second-order valence-electron chi connectivity index (χ2n) is 5.66. The van der Waals surface area contributed by atoms with Gasteiger partial charge in [-0.3, -0.25) is 0 Å². The summed E-state index contributed by atoms with van der Waals surface area (Å²) in [6.45, 7) is 6.30. The Kier molecular flexibility index (Phi) is 3.75. The summed E-state index contributed by atoms with van der Waals surface area (Å²) < 4.78 is 6.03. The largest absolute Gasteiger partial charge is 0.480 e. The Balaban J connectivity index is 1.94. The maximum absolute atomic E-state index is 6.03. The average Bonchev–Trinajstić information content (AvgIpc) is 2.50. The van der Waals surface area contributed by atoms with Gasteiger partial charge in [-0.05, 0) is 61.7 Å².